The number of carbonyl (C=O) groups is 1. The molecule has 9 heteroatoms. The Morgan fingerprint density at radius 1 is 1.13 bits per heavy atom. The molecular formula is C21H19F2N5O2. The molecule has 0 radical (unpaired) electrons. The molecule has 0 fully saturated rings. The third kappa shape index (κ3) is 4.35. The fourth-order valence-corrected chi connectivity index (χ4v) is 3.05. The number of halogens is 2. The van der Waals surface area contributed by atoms with Gasteiger partial charge in [0.2, 0.25) is 11.8 Å². The van der Waals surface area contributed by atoms with Gasteiger partial charge >= 0.3 is 0 Å². The maximum atomic E-state index is 14.0. The quantitative estimate of drug-likeness (QED) is 0.469. The topological polar surface area (TPSA) is 96.7 Å². The van der Waals surface area contributed by atoms with Crippen LogP contribution >= 0.6 is 0 Å². The molecule has 0 spiro atoms. The minimum absolute atomic E-state index is 0.0405. The highest BCUT2D eigenvalue weighted by atomic mass is 19.1. The predicted molar refractivity (Wildman–Crippen MR) is 107 cm³/mol. The Morgan fingerprint density at radius 2 is 2.00 bits per heavy atom. The van der Waals surface area contributed by atoms with E-state index in [0.717, 1.165) is 31.0 Å². The van der Waals surface area contributed by atoms with Crippen LogP contribution < -0.4 is 5.32 Å². The molecule has 0 unspecified atom stereocenters. The van der Waals surface area contributed by atoms with Gasteiger partial charge in [-0.15, -0.1) is 0 Å². The molecule has 0 atom stereocenters. The van der Waals surface area contributed by atoms with Crippen LogP contribution in [-0.4, -0.2) is 26.0 Å². The third-order valence-electron chi connectivity index (χ3n) is 4.50. The maximum absolute atomic E-state index is 14.0. The van der Waals surface area contributed by atoms with Crippen LogP contribution in [0.5, 0.6) is 0 Å². The Morgan fingerprint density at radius 3 is 2.83 bits per heavy atom. The Hall–Kier alpha value is -3.62. The number of amides is 1. The van der Waals surface area contributed by atoms with E-state index in [4.69, 9.17) is 4.52 Å². The average molecular weight is 411 g/mol. The van der Waals surface area contributed by atoms with Gasteiger partial charge in [-0.3, -0.25) is 4.79 Å². The van der Waals surface area contributed by atoms with E-state index >= 15 is 0 Å². The molecule has 4 rings (SSSR count). The van der Waals surface area contributed by atoms with Gasteiger partial charge in [0.1, 0.15) is 17.5 Å². The number of hydrogen-bond acceptors (Lipinski definition) is 5. The van der Waals surface area contributed by atoms with E-state index in [9.17, 15) is 13.6 Å². The van der Waals surface area contributed by atoms with Crippen LogP contribution in [0, 0.1) is 11.6 Å². The summed E-state index contributed by atoms with van der Waals surface area (Å²) in [5, 5.41) is 6.66. The first-order chi connectivity index (χ1) is 14.5. The molecule has 30 heavy (non-hydrogen) atoms. The Labute approximate surface area is 170 Å². The van der Waals surface area contributed by atoms with E-state index in [2.05, 4.69) is 25.4 Å². The normalized spacial score (nSPS) is 11.2. The molecule has 2 aromatic heterocycles. The molecule has 1 amide bonds. The van der Waals surface area contributed by atoms with Crippen LogP contribution in [0.2, 0.25) is 0 Å². The number of rotatable bonds is 7. The minimum atomic E-state index is -0.577. The lowest BCUT2D eigenvalue weighted by molar-refractivity contribution is -0.116. The van der Waals surface area contributed by atoms with Crippen LogP contribution in [0.15, 0.2) is 40.9 Å². The van der Waals surface area contributed by atoms with Gasteiger partial charge in [0, 0.05) is 24.9 Å². The second-order valence-corrected chi connectivity index (χ2v) is 6.84. The second kappa shape index (κ2) is 8.40. The van der Waals surface area contributed by atoms with Crippen molar-refractivity contribution in [1.29, 1.82) is 0 Å². The summed E-state index contributed by atoms with van der Waals surface area (Å²) in [4.78, 5) is 23.7. The number of H-pyrrole nitrogens is 1. The number of aromatic nitrogens is 4. The lowest BCUT2D eigenvalue weighted by atomic mass is 10.2. The summed E-state index contributed by atoms with van der Waals surface area (Å²) in [6.45, 7) is 2.03. The maximum Gasteiger partial charge on any atom is 0.227 e. The van der Waals surface area contributed by atoms with Crippen molar-refractivity contribution < 1.29 is 18.1 Å². The monoisotopic (exact) mass is 411 g/mol. The van der Waals surface area contributed by atoms with E-state index in [1.54, 1.807) is 18.2 Å². The molecule has 0 aliphatic rings. The number of carbonyl (C=O) groups excluding carboxylic acids is 1. The second-order valence-electron chi connectivity index (χ2n) is 6.84. The fourth-order valence-electron chi connectivity index (χ4n) is 3.05. The van der Waals surface area contributed by atoms with Crippen molar-refractivity contribution in [2.24, 2.45) is 0 Å². The lowest BCUT2D eigenvalue weighted by Crippen LogP contribution is -2.12. The molecule has 0 saturated carbocycles. The van der Waals surface area contributed by atoms with Crippen LogP contribution in [0.3, 0.4) is 0 Å². The third-order valence-corrected chi connectivity index (χ3v) is 4.50. The van der Waals surface area contributed by atoms with Crippen molar-refractivity contribution in [3.05, 3.63) is 59.7 Å². The summed E-state index contributed by atoms with van der Waals surface area (Å²) in [6.07, 6.45) is 2.19. The molecule has 2 aromatic carbocycles. The standard InChI is InChI=1S/C21H19F2N5O2/c1-2-3-18-27-20(30-28-18)9-8-19(29)24-13-5-7-16-17(11-13)26-21(25-16)14-10-12(22)4-6-15(14)23/h4-7,10-11H,2-3,8-9H2,1H3,(H,24,29)(H,25,26). The van der Waals surface area contributed by atoms with Gasteiger partial charge in [-0.05, 0) is 42.8 Å². The van der Waals surface area contributed by atoms with Crippen molar-refractivity contribution in [2.45, 2.75) is 32.6 Å². The van der Waals surface area contributed by atoms with Crippen LogP contribution in [0.1, 0.15) is 31.5 Å². The molecule has 2 N–H and O–H groups in total. The van der Waals surface area contributed by atoms with E-state index in [0.29, 0.717) is 34.9 Å². The number of nitrogens with one attached hydrogen (secondary N) is 2. The first kappa shape index (κ1) is 19.7. The number of fused-ring (bicyclic) bond motifs is 1. The van der Waals surface area contributed by atoms with E-state index < -0.39 is 11.6 Å². The summed E-state index contributed by atoms with van der Waals surface area (Å²) in [6, 6.07) is 8.26. The number of imidazole rings is 1. The fraction of sp³-hybridized carbons (Fsp3) is 0.238. The molecule has 0 aliphatic heterocycles. The van der Waals surface area contributed by atoms with Gasteiger partial charge in [0.05, 0.1) is 16.6 Å². The Bertz CT molecular complexity index is 1200. The highest BCUT2D eigenvalue weighted by Gasteiger charge is 2.13. The van der Waals surface area contributed by atoms with E-state index in [-0.39, 0.29) is 23.7 Å². The van der Waals surface area contributed by atoms with E-state index in [1.807, 2.05) is 6.92 Å². The molecule has 0 aliphatic carbocycles. The van der Waals surface area contributed by atoms with Crippen molar-refractivity contribution in [1.82, 2.24) is 20.1 Å². The summed E-state index contributed by atoms with van der Waals surface area (Å²) < 4.78 is 32.6. The van der Waals surface area contributed by atoms with Crippen molar-refractivity contribution >= 4 is 22.6 Å². The zero-order valence-corrected chi connectivity index (χ0v) is 16.2. The highest BCUT2D eigenvalue weighted by Crippen LogP contribution is 2.25. The summed E-state index contributed by atoms with van der Waals surface area (Å²) >= 11 is 0. The van der Waals surface area contributed by atoms with Crippen molar-refractivity contribution in [3.8, 4) is 11.4 Å². The minimum Gasteiger partial charge on any atom is -0.339 e. The Kier molecular flexibility index (Phi) is 5.51. The number of benzene rings is 2. The Balaban J connectivity index is 1.44. The molecule has 0 saturated heterocycles. The molecule has 2 heterocycles. The van der Waals surface area contributed by atoms with Gasteiger partial charge in [0.25, 0.3) is 0 Å². The van der Waals surface area contributed by atoms with E-state index in [1.165, 1.54) is 0 Å². The number of aryl methyl sites for hydroxylation is 2. The highest BCUT2D eigenvalue weighted by molar-refractivity contribution is 5.93. The largest absolute Gasteiger partial charge is 0.339 e. The summed E-state index contributed by atoms with van der Waals surface area (Å²) in [7, 11) is 0. The first-order valence-electron chi connectivity index (χ1n) is 9.58. The van der Waals surface area contributed by atoms with Crippen LogP contribution in [0.4, 0.5) is 14.5 Å². The van der Waals surface area contributed by atoms with Gasteiger partial charge < -0.3 is 14.8 Å². The zero-order chi connectivity index (χ0) is 21.1. The van der Waals surface area contributed by atoms with Crippen molar-refractivity contribution in [3.63, 3.8) is 0 Å². The number of aromatic amines is 1. The molecular weight excluding hydrogens is 392 g/mol. The van der Waals surface area contributed by atoms with Crippen LogP contribution in [0.25, 0.3) is 22.4 Å². The number of anilines is 1. The SMILES string of the molecule is CCCc1noc(CCC(=O)Nc2ccc3nc(-c4cc(F)ccc4F)[nH]c3c2)n1. The predicted octanol–water partition coefficient (Wildman–Crippen LogP) is 4.41. The van der Waals surface area contributed by atoms with Gasteiger partial charge in [0.15, 0.2) is 5.82 Å². The number of hydrogen-bond donors (Lipinski definition) is 2. The molecule has 0 bridgehead atoms. The smallest absolute Gasteiger partial charge is 0.227 e. The van der Waals surface area contributed by atoms with Gasteiger partial charge in [-0.2, -0.15) is 4.98 Å². The zero-order valence-electron chi connectivity index (χ0n) is 16.2. The molecule has 7 nitrogen and oxygen atoms in total. The van der Waals surface area contributed by atoms with Gasteiger partial charge in [-0.1, -0.05) is 12.1 Å². The van der Waals surface area contributed by atoms with Crippen molar-refractivity contribution in [2.75, 3.05) is 5.32 Å². The van der Waals surface area contributed by atoms with Crippen LogP contribution in [-0.2, 0) is 17.6 Å². The number of nitrogens with zero attached hydrogens (tertiary/aromatic N) is 3. The molecule has 154 valence electrons. The summed E-state index contributed by atoms with van der Waals surface area (Å²) in [5.74, 6) is -0.0530. The molecule has 4 aromatic rings. The van der Waals surface area contributed by atoms with Gasteiger partial charge in [-0.25, -0.2) is 13.8 Å². The first-order valence-corrected chi connectivity index (χ1v) is 9.58. The average Bonchev–Trinajstić information content (AvgIpc) is 3.35. The summed E-state index contributed by atoms with van der Waals surface area (Å²) in [5.41, 5.74) is 1.76. The lowest BCUT2D eigenvalue weighted by Gasteiger charge is -2.03.